The molecule has 0 saturated carbocycles. The number of rotatable bonds is 5. The van der Waals surface area contributed by atoms with Gasteiger partial charge in [-0.15, -0.1) is 0 Å². The van der Waals surface area contributed by atoms with Crippen LogP contribution in [0.5, 0.6) is 5.75 Å². The summed E-state index contributed by atoms with van der Waals surface area (Å²) < 4.78 is 10.7. The summed E-state index contributed by atoms with van der Waals surface area (Å²) in [5.41, 5.74) is 0.612. The molecule has 0 radical (unpaired) electrons. The van der Waals surface area contributed by atoms with Crippen LogP contribution in [0, 0.1) is 0 Å². The number of carbonyl (C=O) groups excluding carboxylic acids is 1. The van der Waals surface area contributed by atoms with Gasteiger partial charge in [-0.25, -0.2) is 0 Å². The molecule has 2 rings (SSSR count). The normalized spacial score (nSPS) is 10.6. The number of hydrogen-bond donors (Lipinski definition) is 1. The minimum Gasteiger partial charge on any atom is -0.493 e. The molecule has 0 fully saturated rings. The summed E-state index contributed by atoms with van der Waals surface area (Å²) in [6.45, 7) is 2.75. The third-order valence-corrected chi connectivity index (χ3v) is 2.77. The Morgan fingerprint density at radius 2 is 2.28 bits per heavy atom. The molecule has 0 aliphatic carbocycles. The number of ether oxygens (including phenoxy) is 1. The molecule has 2 aromatic rings. The first-order valence-electron chi connectivity index (χ1n) is 6.11. The highest BCUT2D eigenvalue weighted by molar-refractivity contribution is 5.97. The Morgan fingerprint density at radius 3 is 3.00 bits per heavy atom. The average molecular weight is 247 g/mol. The number of nitrogens with one attached hydrogen (secondary N) is 1. The van der Waals surface area contributed by atoms with E-state index >= 15 is 0 Å². The van der Waals surface area contributed by atoms with Gasteiger partial charge in [0.15, 0.2) is 17.1 Å². The summed E-state index contributed by atoms with van der Waals surface area (Å²) in [7, 11) is 1.58. The van der Waals surface area contributed by atoms with E-state index in [-0.39, 0.29) is 5.91 Å². The highest BCUT2D eigenvalue weighted by atomic mass is 16.5. The number of unbranched alkanes of at least 4 members (excludes halogenated alkanes) is 1. The lowest BCUT2D eigenvalue weighted by atomic mass is 10.2. The molecule has 0 saturated heterocycles. The van der Waals surface area contributed by atoms with Gasteiger partial charge in [0.1, 0.15) is 0 Å². The summed E-state index contributed by atoms with van der Waals surface area (Å²) >= 11 is 0. The first-order chi connectivity index (χ1) is 8.76. The van der Waals surface area contributed by atoms with Crippen LogP contribution < -0.4 is 10.1 Å². The van der Waals surface area contributed by atoms with Gasteiger partial charge < -0.3 is 14.5 Å². The Labute approximate surface area is 106 Å². The zero-order chi connectivity index (χ0) is 13.0. The molecule has 0 bridgehead atoms. The van der Waals surface area contributed by atoms with E-state index in [0.717, 1.165) is 18.2 Å². The van der Waals surface area contributed by atoms with E-state index in [9.17, 15) is 4.79 Å². The highest BCUT2D eigenvalue weighted by Gasteiger charge is 2.13. The van der Waals surface area contributed by atoms with Crippen molar-refractivity contribution in [3.8, 4) is 5.75 Å². The lowest BCUT2D eigenvalue weighted by Gasteiger charge is -2.01. The molecule has 0 aliphatic heterocycles. The Bertz CT molecular complexity index is 545. The van der Waals surface area contributed by atoms with Gasteiger partial charge in [0.05, 0.1) is 7.11 Å². The fraction of sp³-hybridized carbons (Fsp3) is 0.357. The number of hydrogen-bond acceptors (Lipinski definition) is 3. The molecule has 0 unspecified atom stereocenters. The van der Waals surface area contributed by atoms with Gasteiger partial charge in [-0.2, -0.15) is 0 Å². The molecule has 0 atom stereocenters. The van der Waals surface area contributed by atoms with Crippen molar-refractivity contribution < 1.29 is 13.9 Å². The number of carbonyl (C=O) groups is 1. The Hall–Kier alpha value is -1.97. The number of methoxy groups -OCH3 is 1. The van der Waals surface area contributed by atoms with Gasteiger partial charge in [0.25, 0.3) is 5.91 Å². The maximum atomic E-state index is 11.8. The summed E-state index contributed by atoms with van der Waals surface area (Å²) in [6, 6.07) is 7.31. The number of amides is 1. The molecule has 96 valence electrons. The Balaban J connectivity index is 2.21. The van der Waals surface area contributed by atoms with Crippen molar-refractivity contribution in [1.82, 2.24) is 5.32 Å². The van der Waals surface area contributed by atoms with Crippen molar-refractivity contribution >= 4 is 16.9 Å². The van der Waals surface area contributed by atoms with E-state index in [1.54, 1.807) is 13.2 Å². The molecule has 1 amide bonds. The number of para-hydroxylation sites is 1. The molecule has 1 aromatic carbocycles. The largest absolute Gasteiger partial charge is 0.493 e. The summed E-state index contributed by atoms with van der Waals surface area (Å²) in [5, 5.41) is 3.70. The third kappa shape index (κ3) is 2.47. The van der Waals surface area contributed by atoms with Crippen LogP contribution in [0.3, 0.4) is 0 Å². The second kappa shape index (κ2) is 5.58. The SMILES string of the molecule is CCCCNC(=O)c1cc2cccc(OC)c2o1. The van der Waals surface area contributed by atoms with Crippen LogP contribution in [0.25, 0.3) is 11.0 Å². The average Bonchev–Trinajstić information content (AvgIpc) is 2.82. The quantitative estimate of drug-likeness (QED) is 0.826. The molecule has 1 N–H and O–H groups in total. The van der Waals surface area contributed by atoms with Crippen LogP contribution in [-0.2, 0) is 0 Å². The molecule has 0 spiro atoms. The molecule has 18 heavy (non-hydrogen) atoms. The van der Waals surface area contributed by atoms with Gasteiger partial charge in [0.2, 0.25) is 0 Å². The van der Waals surface area contributed by atoms with Gasteiger partial charge in [0, 0.05) is 11.9 Å². The summed E-state index contributed by atoms with van der Waals surface area (Å²) in [4.78, 5) is 11.8. The molecule has 1 heterocycles. The molecular formula is C14H17NO3. The van der Waals surface area contributed by atoms with Crippen LogP contribution in [0.15, 0.2) is 28.7 Å². The van der Waals surface area contributed by atoms with Gasteiger partial charge in [-0.3, -0.25) is 4.79 Å². The van der Waals surface area contributed by atoms with Crippen LogP contribution >= 0.6 is 0 Å². The number of furan rings is 1. The van der Waals surface area contributed by atoms with E-state index in [1.807, 2.05) is 18.2 Å². The minimum atomic E-state index is -0.179. The van der Waals surface area contributed by atoms with Crippen LogP contribution in [0.1, 0.15) is 30.3 Å². The maximum Gasteiger partial charge on any atom is 0.287 e. The topological polar surface area (TPSA) is 51.5 Å². The monoisotopic (exact) mass is 247 g/mol. The molecule has 4 nitrogen and oxygen atoms in total. The molecular weight excluding hydrogens is 230 g/mol. The second-order valence-electron chi connectivity index (χ2n) is 4.10. The molecule has 4 heteroatoms. The van der Waals surface area contributed by atoms with Crippen LogP contribution in [-0.4, -0.2) is 19.6 Å². The Morgan fingerprint density at radius 1 is 1.44 bits per heavy atom. The maximum absolute atomic E-state index is 11.8. The fourth-order valence-electron chi connectivity index (χ4n) is 1.77. The van der Waals surface area contributed by atoms with Crippen molar-refractivity contribution in [2.45, 2.75) is 19.8 Å². The fourth-order valence-corrected chi connectivity index (χ4v) is 1.77. The van der Waals surface area contributed by atoms with E-state index in [0.29, 0.717) is 23.6 Å². The van der Waals surface area contributed by atoms with Crippen LogP contribution in [0.2, 0.25) is 0 Å². The van der Waals surface area contributed by atoms with E-state index < -0.39 is 0 Å². The standard InChI is InChI=1S/C14H17NO3/c1-3-4-8-15-14(16)12-9-10-6-5-7-11(17-2)13(10)18-12/h5-7,9H,3-4,8H2,1-2H3,(H,15,16). The van der Waals surface area contributed by atoms with Crippen molar-refractivity contribution in [1.29, 1.82) is 0 Å². The first kappa shape index (κ1) is 12.5. The predicted molar refractivity (Wildman–Crippen MR) is 70.0 cm³/mol. The summed E-state index contributed by atoms with van der Waals surface area (Å²) in [5.74, 6) is 0.785. The lowest BCUT2D eigenvalue weighted by Crippen LogP contribution is -2.23. The third-order valence-electron chi connectivity index (χ3n) is 2.77. The lowest BCUT2D eigenvalue weighted by molar-refractivity contribution is 0.0927. The number of fused-ring (bicyclic) bond motifs is 1. The van der Waals surface area contributed by atoms with Crippen molar-refractivity contribution in [3.63, 3.8) is 0 Å². The van der Waals surface area contributed by atoms with E-state index in [1.165, 1.54) is 0 Å². The van der Waals surface area contributed by atoms with Crippen LogP contribution in [0.4, 0.5) is 0 Å². The van der Waals surface area contributed by atoms with Crippen molar-refractivity contribution in [2.75, 3.05) is 13.7 Å². The van der Waals surface area contributed by atoms with Crippen molar-refractivity contribution in [3.05, 3.63) is 30.0 Å². The zero-order valence-electron chi connectivity index (χ0n) is 10.7. The Kier molecular flexibility index (Phi) is 3.87. The molecule has 0 aliphatic rings. The van der Waals surface area contributed by atoms with Gasteiger partial charge >= 0.3 is 0 Å². The zero-order valence-corrected chi connectivity index (χ0v) is 10.7. The van der Waals surface area contributed by atoms with E-state index in [4.69, 9.17) is 9.15 Å². The number of benzene rings is 1. The van der Waals surface area contributed by atoms with Gasteiger partial charge in [-0.1, -0.05) is 25.5 Å². The second-order valence-corrected chi connectivity index (χ2v) is 4.10. The predicted octanol–water partition coefficient (Wildman–Crippen LogP) is 2.97. The summed E-state index contributed by atoms with van der Waals surface area (Å²) in [6.07, 6.45) is 2.02. The first-order valence-corrected chi connectivity index (χ1v) is 6.11. The van der Waals surface area contributed by atoms with Crippen molar-refractivity contribution in [2.24, 2.45) is 0 Å². The van der Waals surface area contributed by atoms with Gasteiger partial charge in [-0.05, 0) is 18.6 Å². The minimum absolute atomic E-state index is 0.179. The van der Waals surface area contributed by atoms with E-state index in [2.05, 4.69) is 12.2 Å². The highest BCUT2D eigenvalue weighted by Crippen LogP contribution is 2.28. The molecule has 1 aromatic heterocycles. The smallest absolute Gasteiger partial charge is 0.287 e.